The number of rotatable bonds is 4. The van der Waals surface area contributed by atoms with Gasteiger partial charge in [-0.1, -0.05) is 13.8 Å². The van der Waals surface area contributed by atoms with Gasteiger partial charge in [0.05, 0.1) is 6.04 Å². The van der Waals surface area contributed by atoms with Crippen molar-refractivity contribution in [1.29, 1.82) is 0 Å². The van der Waals surface area contributed by atoms with Gasteiger partial charge in [0.2, 0.25) is 5.78 Å². The van der Waals surface area contributed by atoms with Crippen LogP contribution >= 0.6 is 0 Å². The molecule has 13 heavy (non-hydrogen) atoms. The molecule has 74 valence electrons. The minimum Gasteiger partial charge on any atom is -0.295 e. The molecule has 1 aliphatic rings. The van der Waals surface area contributed by atoms with Gasteiger partial charge in [-0.3, -0.25) is 9.59 Å². The van der Waals surface area contributed by atoms with Gasteiger partial charge in [0.15, 0.2) is 6.29 Å². The monoisotopic (exact) mass is 184 g/mol. The first-order valence-corrected chi connectivity index (χ1v) is 4.75. The summed E-state index contributed by atoms with van der Waals surface area (Å²) < 4.78 is 0. The van der Waals surface area contributed by atoms with E-state index < -0.39 is 0 Å². The minimum absolute atomic E-state index is 0.206. The molecular formula is C9H16N2O2. The van der Waals surface area contributed by atoms with Crippen molar-refractivity contribution in [3.8, 4) is 0 Å². The number of carbonyl (C=O) groups excluding carboxylic acids is 2. The first-order valence-electron chi connectivity index (χ1n) is 4.75. The Morgan fingerprint density at radius 3 is 2.62 bits per heavy atom. The molecule has 0 N–H and O–H groups in total. The first kappa shape index (κ1) is 10.3. The van der Waals surface area contributed by atoms with Crippen LogP contribution in [0.15, 0.2) is 0 Å². The molecule has 1 saturated heterocycles. The fourth-order valence-electron chi connectivity index (χ4n) is 1.87. The smallest absolute Gasteiger partial charge is 0.213 e. The quantitative estimate of drug-likeness (QED) is 0.458. The number of likely N-dealkylation sites (N-methyl/N-ethyl adjacent to an activating group) is 1. The van der Waals surface area contributed by atoms with Crippen LogP contribution in [0.5, 0.6) is 0 Å². The summed E-state index contributed by atoms with van der Waals surface area (Å²) in [4.78, 5) is 21.6. The predicted molar refractivity (Wildman–Crippen MR) is 49.1 cm³/mol. The summed E-state index contributed by atoms with van der Waals surface area (Å²) in [6, 6.07) is -0.206. The molecule has 0 bridgehead atoms. The number of aldehydes is 1. The Morgan fingerprint density at radius 1 is 1.46 bits per heavy atom. The van der Waals surface area contributed by atoms with E-state index in [2.05, 4.69) is 11.9 Å². The van der Waals surface area contributed by atoms with Gasteiger partial charge >= 0.3 is 0 Å². The van der Waals surface area contributed by atoms with Crippen LogP contribution in [-0.2, 0) is 9.59 Å². The SMILES string of the molecule is CCN1CCC(C(=O)C=O)N1CC. The third-order valence-electron chi connectivity index (χ3n) is 2.52. The fourth-order valence-corrected chi connectivity index (χ4v) is 1.87. The zero-order chi connectivity index (χ0) is 9.84. The van der Waals surface area contributed by atoms with E-state index in [1.807, 2.05) is 11.9 Å². The van der Waals surface area contributed by atoms with Crippen LogP contribution in [0, 0.1) is 0 Å². The number of Topliss-reactive ketones (excluding diaryl/α,β-unsaturated/α-hetero) is 1. The van der Waals surface area contributed by atoms with Crippen LogP contribution < -0.4 is 0 Å². The maximum absolute atomic E-state index is 11.2. The summed E-state index contributed by atoms with van der Waals surface area (Å²) >= 11 is 0. The van der Waals surface area contributed by atoms with E-state index in [0.717, 1.165) is 26.1 Å². The van der Waals surface area contributed by atoms with E-state index in [1.165, 1.54) is 0 Å². The second-order valence-corrected chi connectivity index (χ2v) is 3.13. The van der Waals surface area contributed by atoms with Crippen molar-refractivity contribution in [3.63, 3.8) is 0 Å². The second-order valence-electron chi connectivity index (χ2n) is 3.13. The Balaban J connectivity index is 2.67. The summed E-state index contributed by atoms with van der Waals surface area (Å²) in [5.41, 5.74) is 0. The van der Waals surface area contributed by atoms with Gasteiger partial charge < -0.3 is 0 Å². The lowest BCUT2D eigenvalue weighted by Crippen LogP contribution is -2.44. The lowest BCUT2D eigenvalue weighted by Gasteiger charge is -2.28. The number of hydrogen-bond donors (Lipinski definition) is 0. The molecule has 1 atom stereocenters. The molecule has 1 heterocycles. The van der Waals surface area contributed by atoms with Crippen LogP contribution in [0.1, 0.15) is 20.3 Å². The number of hydrazine groups is 1. The van der Waals surface area contributed by atoms with Crippen LogP contribution in [0.3, 0.4) is 0 Å². The molecule has 1 fully saturated rings. The van der Waals surface area contributed by atoms with Crippen LogP contribution in [0.2, 0.25) is 0 Å². The van der Waals surface area contributed by atoms with Gasteiger partial charge in [0, 0.05) is 19.6 Å². The van der Waals surface area contributed by atoms with E-state index in [-0.39, 0.29) is 11.8 Å². The topological polar surface area (TPSA) is 40.6 Å². The van der Waals surface area contributed by atoms with Gasteiger partial charge in [0.25, 0.3) is 0 Å². The van der Waals surface area contributed by atoms with Gasteiger partial charge in [-0.05, 0) is 6.42 Å². The Morgan fingerprint density at radius 2 is 2.15 bits per heavy atom. The molecule has 0 saturated carbocycles. The van der Waals surface area contributed by atoms with Crippen molar-refractivity contribution < 1.29 is 9.59 Å². The average molecular weight is 184 g/mol. The van der Waals surface area contributed by atoms with Gasteiger partial charge in [-0.15, -0.1) is 0 Å². The molecule has 0 amide bonds. The van der Waals surface area contributed by atoms with E-state index in [0.29, 0.717) is 6.29 Å². The van der Waals surface area contributed by atoms with Crippen molar-refractivity contribution in [2.45, 2.75) is 26.3 Å². The Bertz CT molecular complexity index is 206. The average Bonchev–Trinajstić information content (AvgIpc) is 2.58. The van der Waals surface area contributed by atoms with Crippen molar-refractivity contribution in [2.75, 3.05) is 19.6 Å². The largest absolute Gasteiger partial charge is 0.295 e. The van der Waals surface area contributed by atoms with E-state index >= 15 is 0 Å². The maximum Gasteiger partial charge on any atom is 0.213 e. The Hall–Kier alpha value is -0.740. The number of hydrogen-bond acceptors (Lipinski definition) is 4. The van der Waals surface area contributed by atoms with Crippen molar-refractivity contribution >= 4 is 12.1 Å². The molecule has 0 aromatic rings. The summed E-state index contributed by atoms with van der Waals surface area (Å²) in [6.45, 7) is 6.62. The molecule has 0 aliphatic carbocycles. The van der Waals surface area contributed by atoms with Gasteiger partial charge in [-0.25, -0.2) is 10.0 Å². The molecular weight excluding hydrogens is 168 g/mol. The number of carbonyl (C=O) groups is 2. The molecule has 4 nitrogen and oxygen atoms in total. The lowest BCUT2D eigenvalue weighted by atomic mass is 10.1. The highest BCUT2D eigenvalue weighted by Crippen LogP contribution is 2.17. The number of ketones is 1. The molecule has 1 aliphatic heterocycles. The van der Waals surface area contributed by atoms with Crippen LogP contribution in [0.25, 0.3) is 0 Å². The molecule has 1 unspecified atom stereocenters. The zero-order valence-corrected chi connectivity index (χ0v) is 8.19. The molecule has 4 heteroatoms. The van der Waals surface area contributed by atoms with Crippen molar-refractivity contribution in [2.24, 2.45) is 0 Å². The summed E-state index contributed by atoms with van der Waals surface area (Å²) in [7, 11) is 0. The second kappa shape index (κ2) is 4.48. The van der Waals surface area contributed by atoms with Crippen LogP contribution in [0.4, 0.5) is 0 Å². The van der Waals surface area contributed by atoms with Crippen molar-refractivity contribution in [3.05, 3.63) is 0 Å². The highest BCUT2D eigenvalue weighted by Gasteiger charge is 2.33. The van der Waals surface area contributed by atoms with E-state index in [9.17, 15) is 9.59 Å². The highest BCUT2D eigenvalue weighted by molar-refractivity contribution is 6.27. The molecule has 0 spiro atoms. The fraction of sp³-hybridized carbons (Fsp3) is 0.778. The Labute approximate surface area is 78.5 Å². The third kappa shape index (κ3) is 1.95. The van der Waals surface area contributed by atoms with E-state index in [1.54, 1.807) is 0 Å². The van der Waals surface area contributed by atoms with Gasteiger partial charge in [0.1, 0.15) is 0 Å². The summed E-state index contributed by atoms with van der Waals surface area (Å²) in [5.74, 6) is -0.294. The maximum atomic E-state index is 11.2. The summed E-state index contributed by atoms with van der Waals surface area (Å²) in [5, 5.41) is 4.10. The first-order chi connectivity index (χ1) is 6.24. The molecule has 0 aromatic heterocycles. The number of nitrogens with zero attached hydrogens (tertiary/aromatic N) is 2. The predicted octanol–water partition coefficient (Wildman–Crippen LogP) is 0.0855. The van der Waals surface area contributed by atoms with Crippen molar-refractivity contribution in [1.82, 2.24) is 10.0 Å². The van der Waals surface area contributed by atoms with Crippen LogP contribution in [-0.4, -0.2) is 47.8 Å². The Kier molecular flexibility index (Phi) is 3.57. The minimum atomic E-state index is -0.294. The highest BCUT2D eigenvalue weighted by atomic mass is 16.2. The summed E-state index contributed by atoms with van der Waals surface area (Å²) in [6.07, 6.45) is 1.21. The zero-order valence-electron chi connectivity index (χ0n) is 8.19. The third-order valence-corrected chi connectivity index (χ3v) is 2.52. The normalized spacial score (nSPS) is 24.9. The standard InChI is InChI=1S/C9H16N2O2/c1-3-10-6-5-8(9(13)7-12)11(10)4-2/h7-8H,3-6H2,1-2H3. The lowest BCUT2D eigenvalue weighted by molar-refractivity contribution is -0.135. The molecule has 1 rings (SSSR count). The van der Waals surface area contributed by atoms with E-state index in [4.69, 9.17) is 0 Å². The molecule has 0 aromatic carbocycles. The molecule has 0 radical (unpaired) electrons. The van der Waals surface area contributed by atoms with Gasteiger partial charge in [-0.2, -0.15) is 0 Å².